The van der Waals surface area contributed by atoms with E-state index in [-0.39, 0.29) is 11.8 Å². The standard InChI is InChI=1S/C13H11ClO3.C12H11NO3.C9H8Cl2O3.C9H11NO3.C8H9NO3.C7H6ClNO3/c1-8(13(15)16)17-12-7-6-11(14)9-4-2-3-5-10(9)12;1-8(12(14)15)16-10-6-9-4-2-3-5-11(9)13-7-10;1-5(9(12)13)14-8-3-6(10)2-7(11)4-8;1-6-3-4-8(5-10-6)13-7(2)9(11)12;1-6(8(10)11)12-7-3-2-4-9-5-7;8-6-3-5(1-2-9-6)12-4-7(10)11/h2-8H,1H3,(H,15,16);2-8H,1H3,(H,14,15);2-5H,1H3,(H,12,13);3-5,7H,1-2H3,(H,11,12);2-6H,1H3,(H,10,11);1-3H,4H2,(H,10,11)/t2*8-;;7-;;/m00.0../s1. The van der Waals surface area contributed by atoms with E-state index >= 15 is 0 Å². The molecule has 0 amide bonds. The molecule has 0 aliphatic rings. The molecule has 4 aromatic carbocycles. The fourth-order valence-corrected chi connectivity index (χ4v) is 6.77. The van der Waals surface area contributed by atoms with Crippen molar-refractivity contribution in [3.05, 3.63) is 178 Å². The average Bonchev–Trinajstić information content (AvgIpc) is 3.64. The van der Waals surface area contributed by atoms with Crippen LogP contribution in [0.1, 0.15) is 40.3 Å². The van der Waals surface area contributed by atoms with E-state index in [4.69, 9.17) is 105 Å². The molecule has 0 aliphatic carbocycles. The molecule has 0 aliphatic heterocycles. The van der Waals surface area contributed by atoms with Gasteiger partial charge in [0.2, 0.25) is 0 Å². The predicted molar refractivity (Wildman–Crippen MR) is 311 cm³/mol. The lowest BCUT2D eigenvalue weighted by Crippen LogP contribution is -2.22. The molecule has 0 radical (unpaired) electrons. The molecule has 0 saturated heterocycles. The Morgan fingerprint density at radius 1 is 0.452 bits per heavy atom. The van der Waals surface area contributed by atoms with E-state index in [2.05, 4.69) is 19.9 Å². The molecule has 0 spiro atoms. The molecule has 4 heterocycles. The molecule has 444 valence electrons. The van der Waals surface area contributed by atoms with Crippen LogP contribution in [-0.4, -0.2) is 124 Å². The van der Waals surface area contributed by atoms with Gasteiger partial charge in [0.1, 0.15) is 39.7 Å². The summed E-state index contributed by atoms with van der Waals surface area (Å²) in [7, 11) is 0. The highest BCUT2D eigenvalue weighted by Gasteiger charge is 2.17. The summed E-state index contributed by atoms with van der Waals surface area (Å²) in [6, 6.07) is 34.6. The number of fused-ring (bicyclic) bond motifs is 2. The van der Waals surface area contributed by atoms with Crippen molar-refractivity contribution in [2.45, 2.75) is 72.1 Å². The number of para-hydroxylation sites is 1. The van der Waals surface area contributed by atoms with Gasteiger partial charge in [-0.3, -0.25) is 15.0 Å². The van der Waals surface area contributed by atoms with Crippen LogP contribution in [0.3, 0.4) is 0 Å². The van der Waals surface area contributed by atoms with Crippen LogP contribution in [0.5, 0.6) is 34.5 Å². The molecule has 2 unspecified atom stereocenters. The third kappa shape index (κ3) is 26.1. The number of aliphatic carboxylic acids is 6. The molecule has 84 heavy (non-hydrogen) atoms. The highest BCUT2D eigenvalue weighted by atomic mass is 35.5. The number of halogens is 4. The molecular weight excluding hydrogens is 1180 g/mol. The number of nitrogens with zero attached hydrogens (tertiary/aromatic N) is 4. The van der Waals surface area contributed by atoms with Gasteiger partial charge in [-0.05, 0) is 114 Å². The molecule has 0 saturated carbocycles. The van der Waals surface area contributed by atoms with Crippen molar-refractivity contribution in [2.75, 3.05) is 6.61 Å². The quantitative estimate of drug-likeness (QED) is 0.0435. The van der Waals surface area contributed by atoms with Crippen molar-refractivity contribution in [1.82, 2.24) is 19.9 Å². The summed E-state index contributed by atoms with van der Waals surface area (Å²) >= 11 is 23.0. The second-order valence-corrected chi connectivity index (χ2v) is 18.5. The summed E-state index contributed by atoms with van der Waals surface area (Å²) in [5.41, 5.74) is 1.73. The Morgan fingerprint density at radius 2 is 0.964 bits per heavy atom. The number of rotatable bonds is 18. The Morgan fingerprint density at radius 3 is 1.49 bits per heavy atom. The first-order valence-electron chi connectivity index (χ1n) is 24.5. The minimum Gasteiger partial charge on any atom is -0.482 e. The van der Waals surface area contributed by atoms with E-state index in [0.29, 0.717) is 49.6 Å². The van der Waals surface area contributed by atoms with Gasteiger partial charge >= 0.3 is 35.8 Å². The molecule has 22 nitrogen and oxygen atoms in total. The summed E-state index contributed by atoms with van der Waals surface area (Å²) in [6.07, 6.45) is 3.18. The molecule has 26 heteroatoms. The zero-order valence-electron chi connectivity index (χ0n) is 45.4. The lowest BCUT2D eigenvalue weighted by Gasteiger charge is -2.13. The van der Waals surface area contributed by atoms with Gasteiger partial charge in [-0.2, -0.15) is 0 Å². The molecule has 8 rings (SSSR count). The van der Waals surface area contributed by atoms with E-state index in [1.807, 2.05) is 55.5 Å². The smallest absolute Gasteiger partial charge is 0.344 e. The lowest BCUT2D eigenvalue weighted by atomic mass is 10.1. The summed E-state index contributed by atoms with van der Waals surface area (Å²) in [6.45, 7) is 8.82. The summed E-state index contributed by atoms with van der Waals surface area (Å²) < 4.78 is 30.6. The fraction of sp³-hybridized carbons (Fsp3) is 0.207. The van der Waals surface area contributed by atoms with Crippen LogP contribution in [0.25, 0.3) is 21.7 Å². The number of pyridine rings is 4. The van der Waals surface area contributed by atoms with Crippen LogP contribution < -0.4 is 28.4 Å². The molecule has 5 atom stereocenters. The van der Waals surface area contributed by atoms with Crippen molar-refractivity contribution in [2.24, 2.45) is 0 Å². The molecule has 8 aromatic rings. The van der Waals surface area contributed by atoms with Crippen LogP contribution in [0, 0.1) is 6.92 Å². The summed E-state index contributed by atoms with van der Waals surface area (Å²) in [5.74, 6) is -3.35. The van der Waals surface area contributed by atoms with Crippen molar-refractivity contribution in [1.29, 1.82) is 0 Å². The van der Waals surface area contributed by atoms with Gasteiger partial charge in [-0.1, -0.05) is 88.9 Å². The van der Waals surface area contributed by atoms with Gasteiger partial charge in [-0.15, -0.1) is 0 Å². The Labute approximate surface area is 500 Å². The maximum Gasteiger partial charge on any atom is 0.344 e. The third-order valence-corrected chi connectivity index (χ3v) is 11.1. The zero-order chi connectivity index (χ0) is 62.5. The molecule has 0 fully saturated rings. The third-order valence-electron chi connectivity index (χ3n) is 10.1. The highest BCUT2D eigenvalue weighted by Crippen LogP contribution is 2.32. The second kappa shape index (κ2) is 35.6. The van der Waals surface area contributed by atoms with Gasteiger partial charge in [-0.25, -0.2) is 33.8 Å². The number of ether oxygens (including phenoxy) is 6. The number of carbonyl (C=O) groups is 6. The number of aromatic nitrogens is 4. The first kappa shape index (κ1) is 69.1. The maximum absolute atomic E-state index is 10.8. The number of carboxylic acids is 6. The number of hydrogen-bond acceptors (Lipinski definition) is 16. The molecule has 4 aromatic heterocycles. The number of hydrogen-bond donors (Lipinski definition) is 6. The molecule has 6 N–H and O–H groups in total. The normalized spacial score (nSPS) is 11.8. The van der Waals surface area contributed by atoms with E-state index in [1.54, 1.807) is 54.7 Å². The Kier molecular flexibility index (Phi) is 29.3. The van der Waals surface area contributed by atoms with Crippen LogP contribution in [0.2, 0.25) is 20.2 Å². The maximum atomic E-state index is 10.8. The monoisotopic (exact) mass is 1240 g/mol. The summed E-state index contributed by atoms with van der Waals surface area (Å²) in [5, 5.41) is 55.7. The number of benzene rings is 4. The number of carboxylic acid groups (broad SMARTS) is 6. The van der Waals surface area contributed by atoms with E-state index in [9.17, 15) is 28.8 Å². The average molecular weight is 1240 g/mol. The fourth-order valence-electron chi connectivity index (χ4n) is 5.87. The first-order valence-corrected chi connectivity index (χ1v) is 26.0. The van der Waals surface area contributed by atoms with Gasteiger partial charge in [0.15, 0.2) is 37.1 Å². The molecular formula is C58H56Cl4N4O18. The van der Waals surface area contributed by atoms with Crippen LogP contribution in [-0.2, 0) is 28.8 Å². The van der Waals surface area contributed by atoms with Crippen molar-refractivity contribution in [3.8, 4) is 34.5 Å². The van der Waals surface area contributed by atoms with Crippen molar-refractivity contribution >= 4 is 104 Å². The van der Waals surface area contributed by atoms with Crippen LogP contribution in [0.4, 0.5) is 0 Å². The zero-order valence-corrected chi connectivity index (χ0v) is 48.4. The van der Waals surface area contributed by atoms with Gasteiger partial charge in [0.05, 0.1) is 24.1 Å². The van der Waals surface area contributed by atoms with Crippen LogP contribution in [0.15, 0.2) is 152 Å². The first-order chi connectivity index (χ1) is 39.7. The van der Waals surface area contributed by atoms with Crippen molar-refractivity contribution < 1.29 is 87.8 Å². The Bertz CT molecular complexity index is 3420. The van der Waals surface area contributed by atoms with E-state index in [0.717, 1.165) is 27.4 Å². The predicted octanol–water partition coefficient (Wildman–Crippen LogP) is 11.7. The second-order valence-electron chi connectivity index (χ2n) is 16.9. The Balaban J connectivity index is 0.000000266. The topological polar surface area (TPSA) is 331 Å². The molecule has 0 bridgehead atoms. The minimum atomic E-state index is -1.04. The summed E-state index contributed by atoms with van der Waals surface area (Å²) in [4.78, 5) is 78.4. The van der Waals surface area contributed by atoms with Crippen molar-refractivity contribution in [3.63, 3.8) is 0 Å². The lowest BCUT2D eigenvalue weighted by molar-refractivity contribution is -0.145. The van der Waals surface area contributed by atoms with Crippen LogP contribution >= 0.6 is 46.4 Å². The SMILES string of the molecule is CC(Oc1cc(Cl)cc(Cl)c1)C(=O)O.CC(Oc1cccnc1)C(=O)O.C[C@H](Oc1ccc(Cl)c2ccccc12)C(=O)O.C[C@H](Oc1cnc2ccccc2c1)C(=O)O.Cc1ccc(O[C@@H](C)C(=O)O)cn1.O=C(O)COc1ccnc(Cl)c1. The minimum absolute atomic E-state index is 0.276. The number of aryl methyl sites for hydroxylation is 1. The van der Waals surface area contributed by atoms with E-state index < -0.39 is 66.3 Å². The van der Waals surface area contributed by atoms with Gasteiger partial charge < -0.3 is 59.1 Å². The van der Waals surface area contributed by atoms with E-state index in [1.165, 1.54) is 83.7 Å². The Hall–Kier alpha value is -9.22. The largest absolute Gasteiger partial charge is 0.482 e. The van der Waals surface area contributed by atoms with Gasteiger partial charge in [0.25, 0.3) is 0 Å². The van der Waals surface area contributed by atoms with Gasteiger partial charge in [0, 0.05) is 55.4 Å². The highest BCUT2D eigenvalue weighted by molar-refractivity contribution is 6.36.